The van der Waals surface area contributed by atoms with Crippen molar-refractivity contribution in [1.29, 1.82) is 0 Å². The zero-order valence-electron chi connectivity index (χ0n) is 11.2. The fraction of sp³-hybridized carbons (Fsp3) is 1.00. The molecule has 3 nitrogen and oxygen atoms in total. The minimum Gasteiger partial charge on any atom is -0.317 e. The van der Waals surface area contributed by atoms with Crippen LogP contribution in [0.1, 0.15) is 38.5 Å². The lowest BCUT2D eigenvalue weighted by atomic mass is 10.00. The second-order valence-corrected chi connectivity index (χ2v) is 6.10. The Balaban J connectivity index is 1.62. The van der Waals surface area contributed by atoms with Crippen molar-refractivity contribution in [3.63, 3.8) is 0 Å². The molecule has 3 aliphatic heterocycles. The van der Waals surface area contributed by atoms with Gasteiger partial charge in [-0.25, -0.2) is 0 Å². The van der Waals surface area contributed by atoms with Crippen LogP contribution in [0.3, 0.4) is 0 Å². The van der Waals surface area contributed by atoms with Gasteiger partial charge in [0.15, 0.2) is 0 Å². The summed E-state index contributed by atoms with van der Waals surface area (Å²) in [5.74, 6) is 0. The molecule has 98 valence electrons. The van der Waals surface area contributed by atoms with Crippen LogP contribution in [0.25, 0.3) is 0 Å². The third-order valence-corrected chi connectivity index (χ3v) is 5.21. The monoisotopic (exact) mass is 237 g/mol. The molecule has 3 saturated heterocycles. The van der Waals surface area contributed by atoms with E-state index in [9.17, 15) is 0 Å². The Bertz CT molecular complexity index is 248. The first-order valence-electron chi connectivity index (χ1n) is 7.53. The van der Waals surface area contributed by atoms with E-state index in [4.69, 9.17) is 0 Å². The molecule has 0 saturated carbocycles. The van der Waals surface area contributed by atoms with Crippen LogP contribution in [0, 0.1) is 0 Å². The molecular formula is C14H27N3. The lowest BCUT2D eigenvalue weighted by Crippen LogP contribution is -2.46. The van der Waals surface area contributed by atoms with Crippen molar-refractivity contribution in [2.75, 3.05) is 33.2 Å². The van der Waals surface area contributed by atoms with Crippen molar-refractivity contribution in [2.24, 2.45) is 0 Å². The van der Waals surface area contributed by atoms with Crippen molar-refractivity contribution in [3.05, 3.63) is 0 Å². The molecule has 0 radical (unpaired) electrons. The maximum absolute atomic E-state index is 3.53. The van der Waals surface area contributed by atoms with Crippen LogP contribution in [-0.4, -0.2) is 61.2 Å². The van der Waals surface area contributed by atoms with Crippen molar-refractivity contribution in [2.45, 2.75) is 56.7 Å². The minimum atomic E-state index is 0.829. The van der Waals surface area contributed by atoms with Gasteiger partial charge in [0.05, 0.1) is 0 Å². The molecule has 3 aliphatic rings. The van der Waals surface area contributed by atoms with Gasteiger partial charge < -0.3 is 5.32 Å². The highest BCUT2D eigenvalue weighted by molar-refractivity contribution is 4.97. The first-order valence-corrected chi connectivity index (χ1v) is 7.53. The number of rotatable bonds is 2. The number of hydrogen-bond acceptors (Lipinski definition) is 3. The van der Waals surface area contributed by atoms with E-state index in [0.29, 0.717) is 0 Å². The van der Waals surface area contributed by atoms with Gasteiger partial charge in [-0.05, 0) is 65.2 Å². The van der Waals surface area contributed by atoms with E-state index in [1.54, 1.807) is 0 Å². The molecular weight excluding hydrogens is 210 g/mol. The smallest absolute Gasteiger partial charge is 0.0263 e. The highest BCUT2D eigenvalue weighted by atomic mass is 15.3. The molecule has 3 rings (SSSR count). The average Bonchev–Trinajstić information content (AvgIpc) is 2.82. The second-order valence-electron chi connectivity index (χ2n) is 6.10. The van der Waals surface area contributed by atoms with Crippen molar-refractivity contribution >= 4 is 0 Å². The van der Waals surface area contributed by atoms with Gasteiger partial charge in [0.2, 0.25) is 0 Å². The predicted molar refractivity (Wildman–Crippen MR) is 71.3 cm³/mol. The summed E-state index contributed by atoms with van der Waals surface area (Å²) in [6.45, 7) is 5.16. The van der Waals surface area contributed by atoms with E-state index in [1.807, 2.05) is 0 Å². The van der Waals surface area contributed by atoms with Crippen LogP contribution in [-0.2, 0) is 0 Å². The summed E-state index contributed by atoms with van der Waals surface area (Å²) in [5.41, 5.74) is 0. The number of fused-ring (bicyclic) bond motifs is 1. The third kappa shape index (κ3) is 2.38. The van der Waals surface area contributed by atoms with Gasteiger partial charge >= 0.3 is 0 Å². The van der Waals surface area contributed by atoms with Crippen LogP contribution in [0.15, 0.2) is 0 Å². The number of nitrogens with zero attached hydrogens (tertiary/aromatic N) is 2. The largest absolute Gasteiger partial charge is 0.317 e. The Labute approximate surface area is 106 Å². The summed E-state index contributed by atoms with van der Waals surface area (Å²) in [6.07, 6.45) is 8.38. The molecule has 3 atom stereocenters. The van der Waals surface area contributed by atoms with E-state index in [-0.39, 0.29) is 0 Å². The van der Waals surface area contributed by atoms with Crippen LogP contribution in [0.2, 0.25) is 0 Å². The van der Waals surface area contributed by atoms with Crippen LogP contribution >= 0.6 is 0 Å². The lowest BCUT2D eigenvalue weighted by molar-refractivity contribution is 0.132. The minimum absolute atomic E-state index is 0.829. The molecule has 3 heteroatoms. The molecule has 0 aromatic heterocycles. The first-order chi connectivity index (χ1) is 8.36. The molecule has 0 spiro atoms. The second kappa shape index (κ2) is 5.25. The van der Waals surface area contributed by atoms with E-state index >= 15 is 0 Å². The fourth-order valence-electron chi connectivity index (χ4n) is 4.21. The van der Waals surface area contributed by atoms with Crippen LogP contribution in [0.5, 0.6) is 0 Å². The van der Waals surface area contributed by atoms with Crippen LogP contribution < -0.4 is 5.32 Å². The Kier molecular flexibility index (Phi) is 3.69. The van der Waals surface area contributed by atoms with Crippen LogP contribution in [0.4, 0.5) is 0 Å². The quantitative estimate of drug-likeness (QED) is 0.781. The summed E-state index contributed by atoms with van der Waals surface area (Å²) in [5, 5.41) is 3.53. The number of likely N-dealkylation sites (N-methyl/N-ethyl adjacent to an activating group) is 1. The Morgan fingerprint density at radius 2 is 1.94 bits per heavy atom. The Morgan fingerprint density at radius 1 is 1.00 bits per heavy atom. The number of nitrogens with one attached hydrogen (secondary N) is 1. The average molecular weight is 237 g/mol. The topological polar surface area (TPSA) is 18.5 Å². The molecule has 3 unspecified atom stereocenters. The lowest BCUT2D eigenvalue weighted by Gasteiger charge is -2.35. The van der Waals surface area contributed by atoms with Crippen molar-refractivity contribution in [1.82, 2.24) is 15.1 Å². The zero-order chi connectivity index (χ0) is 11.7. The standard InChI is InChI=1S/C14H27N3/c1-16(12-4-2-8-15-9-6-12)13-7-11-17-10-3-5-14(13)17/h12-15H,2-11H2,1H3. The van der Waals surface area contributed by atoms with Gasteiger partial charge in [-0.15, -0.1) is 0 Å². The van der Waals surface area contributed by atoms with Crippen molar-refractivity contribution in [3.8, 4) is 0 Å². The Hall–Kier alpha value is -0.120. The van der Waals surface area contributed by atoms with Gasteiger partial charge in [0.1, 0.15) is 0 Å². The molecule has 0 bridgehead atoms. The van der Waals surface area contributed by atoms with Gasteiger partial charge in [0, 0.05) is 24.7 Å². The maximum atomic E-state index is 3.53. The molecule has 3 heterocycles. The zero-order valence-corrected chi connectivity index (χ0v) is 11.2. The Morgan fingerprint density at radius 3 is 2.88 bits per heavy atom. The van der Waals surface area contributed by atoms with E-state index in [0.717, 1.165) is 18.1 Å². The highest BCUT2D eigenvalue weighted by Gasteiger charge is 2.40. The predicted octanol–water partition coefficient (Wildman–Crippen LogP) is 1.30. The number of hydrogen-bond donors (Lipinski definition) is 1. The van der Waals surface area contributed by atoms with E-state index in [2.05, 4.69) is 22.2 Å². The molecule has 0 amide bonds. The maximum Gasteiger partial charge on any atom is 0.0263 e. The van der Waals surface area contributed by atoms with Gasteiger partial charge in [0.25, 0.3) is 0 Å². The van der Waals surface area contributed by atoms with E-state index < -0.39 is 0 Å². The van der Waals surface area contributed by atoms with Gasteiger partial charge in [-0.3, -0.25) is 9.80 Å². The summed E-state index contributed by atoms with van der Waals surface area (Å²) in [7, 11) is 2.39. The molecule has 17 heavy (non-hydrogen) atoms. The fourth-order valence-corrected chi connectivity index (χ4v) is 4.21. The van der Waals surface area contributed by atoms with Gasteiger partial charge in [-0.1, -0.05) is 0 Å². The van der Waals surface area contributed by atoms with E-state index in [1.165, 1.54) is 64.7 Å². The van der Waals surface area contributed by atoms with Gasteiger partial charge in [-0.2, -0.15) is 0 Å². The summed E-state index contributed by atoms with van der Waals surface area (Å²) >= 11 is 0. The normalized spacial score (nSPS) is 39.5. The first kappa shape index (κ1) is 11.9. The summed E-state index contributed by atoms with van der Waals surface area (Å²) in [6, 6.07) is 2.56. The summed E-state index contributed by atoms with van der Waals surface area (Å²) < 4.78 is 0. The summed E-state index contributed by atoms with van der Waals surface area (Å²) in [4.78, 5) is 5.47. The van der Waals surface area contributed by atoms with Crippen molar-refractivity contribution < 1.29 is 0 Å². The SMILES string of the molecule is CN(C1CCCNCC1)C1CCN2CCCC12. The molecule has 0 aliphatic carbocycles. The molecule has 1 N–H and O–H groups in total. The molecule has 0 aromatic rings. The third-order valence-electron chi connectivity index (χ3n) is 5.21. The molecule has 3 fully saturated rings. The molecule has 0 aromatic carbocycles. The highest BCUT2D eigenvalue weighted by Crippen LogP contribution is 2.32.